The van der Waals surface area contributed by atoms with Crippen LogP contribution in [0.4, 0.5) is 8.78 Å². The summed E-state index contributed by atoms with van der Waals surface area (Å²) in [5, 5.41) is 0. The van der Waals surface area contributed by atoms with Gasteiger partial charge in [0, 0.05) is 58.7 Å². The SMILES string of the molecule is CCS(=O)(=O)Cc1cc(-c2cn(C)c(=O)cc2[C@H](C)N[S@@+]([O-])C(C)(C)C)c(C(=O)c2ccc(F)cc2)cc1F. The van der Waals surface area contributed by atoms with Crippen LogP contribution in [-0.2, 0) is 34.0 Å². The van der Waals surface area contributed by atoms with Crippen LogP contribution in [0.25, 0.3) is 11.1 Å². The summed E-state index contributed by atoms with van der Waals surface area (Å²) >= 11 is -1.51. The lowest BCUT2D eigenvalue weighted by Crippen LogP contribution is -2.41. The van der Waals surface area contributed by atoms with Crippen LogP contribution in [0, 0.1) is 11.6 Å². The van der Waals surface area contributed by atoms with Gasteiger partial charge in [0.1, 0.15) is 16.4 Å². The fraction of sp³-hybridized carbons (Fsp3) is 0.357. The lowest BCUT2D eigenvalue weighted by Gasteiger charge is -2.27. The first kappa shape index (κ1) is 30.7. The minimum Gasteiger partial charge on any atom is -0.598 e. The molecule has 1 aromatic heterocycles. The van der Waals surface area contributed by atoms with Crippen molar-refractivity contribution in [3.8, 4) is 11.1 Å². The fourth-order valence-electron chi connectivity index (χ4n) is 3.86. The topological polar surface area (TPSA) is 108 Å². The van der Waals surface area contributed by atoms with Crippen molar-refractivity contribution in [1.82, 2.24) is 9.29 Å². The van der Waals surface area contributed by atoms with Crippen LogP contribution in [0.15, 0.2) is 53.5 Å². The van der Waals surface area contributed by atoms with Gasteiger partial charge in [0.2, 0.25) is 0 Å². The number of halogens is 2. The molecule has 3 rings (SSSR count). The first-order valence-electron chi connectivity index (χ1n) is 12.3. The molecule has 0 aliphatic rings. The van der Waals surface area contributed by atoms with Crippen LogP contribution in [-0.4, -0.2) is 33.8 Å². The Bertz CT molecular complexity index is 1550. The van der Waals surface area contributed by atoms with Crippen LogP contribution in [0.2, 0.25) is 0 Å². The van der Waals surface area contributed by atoms with Gasteiger partial charge >= 0.3 is 0 Å². The first-order valence-corrected chi connectivity index (χ1v) is 15.2. The van der Waals surface area contributed by atoms with Gasteiger partial charge in [-0.25, -0.2) is 17.2 Å². The zero-order valence-electron chi connectivity index (χ0n) is 22.7. The van der Waals surface area contributed by atoms with E-state index in [4.69, 9.17) is 0 Å². The van der Waals surface area contributed by atoms with Gasteiger partial charge in [-0.05, 0) is 75.2 Å². The van der Waals surface area contributed by atoms with E-state index in [1.54, 1.807) is 27.7 Å². The molecule has 0 fully saturated rings. The minimum absolute atomic E-state index is 0.0948. The summed E-state index contributed by atoms with van der Waals surface area (Å²) in [6, 6.07) is 7.73. The Morgan fingerprint density at radius 3 is 2.28 bits per heavy atom. The molecule has 1 heterocycles. The number of rotatable bonds is 9. The number of ketones is 1. The minimum atomic E-state index is -3.63. The highest BCUT2D eigenvalue weighted by molar-refractivity contribution is 7.91. The van der Waals surface area contributed by atoms with E-state index >= 15 is 4.39 Å². The zero-order chi connectivity index (χ0) is 29.3. The second-order valence-corrected chi connectivity index (χ2v) is 14.7. The Morgan fingerprint density at radius 2 is 1.72 bits per heavy atom. The van der Waals surface area contributed by atoms with Gasteiger partial charge in [-0.2, -0.15) is 0 Å². The van der Waals surface area contributed by atoms with Crippen molar-refractivity contribution in [3.63, 3.8) is 0 Å². The smallest absolute Gasteiger partial charge is 0.250 e. The third kappa shape index (κ3) is 7.21. The van der Waals surface area contributed by atoms with Gasteiger partial charge in [0.25, 0.3) is 5.56 Å². The first-order chi connectivity index (χ1) is 18.0. The highest BCUT2D eigenvalue weighted by atomic mass is 32.2. The standard InChI is InChI=1S/C28H32F2N2O5S2/c1-7-39(36,37)16-19-12-22(23(13-25(19)30)27(34)18-8-10-20(29)11-9-18)24-15-32(6)26(33)14-21(24)17(2)31-38(35)28(3,4)5/h8-15,17,31H,7,16H2,1-6H3/t17-,38-/m0/s1. The van der Waals surface area contributed by atoms with Crippen molar-refractivity contribution in [1.29, 1.82) is 0 Å². The van der Waals surface area contributed by atoms with E-state index in [9.17, 15) is 27.0 Å². The van der Waals surface area contributed by atoms with E-state index in [0.29, 0.717) is 11.1 Å². The highest BCUT2D eigenvalue weighted by Gasteiger charge is 2.30. The molecule has 0 aliphatic carbocycles. The molecular formula is C28H32F2N2O5S2. The van der Waals surface area contributed by atoms with Crippen LogP contribution < -0.4 is 10.3 Å². The molecule has 0 bridgehead atoms. The fourth-order valence-corrected chi connectivity index (χ4v) is 5.56. The molecule has 0 unspecified atom stereocenters. The lowest BCUT2D eigenvalue weighted by molar-refractivity contribution is 0.103. The number of hydrogen-bond donors (Lipinski definition) is 1. The number of carbonyl (C=O) groups excluding carboxylic acids is 1. The van der Waals surface area contributed by atoms with E-state index in [-0.39, 0.29) is 33.6 Å². The van der Waals surface area contributed by atoms with Gasteiger partial charge in [-0.3, -0.25) is 9.59 Å². The molecule has 210 valence electrons. The van der Waals surface area contributed by atoms with Gasteiger partial charge in [0.05, 0.1) is 11.8 Å². The normalized spacial score (nSPS) is 13.8. The number of carbonyl (C=O) groups is 1. The Balaban J connectivity index is 2.32. The van der Waals surface area contributed by atoms with Gasteiger partial charge in [-0.1, -0.05) is 6.92 Å². The molecular weight excluding hydrogens is 546 g/mol. The van der Waals surface area contributed by atoms with E-state index < -0.39 is 55.2 Å². The molecule has 7 nitrogen and oxygen atoms in total. The molecule has 2 aromatic carbocycles. The monoisotopic (exact) mass is 578 g/mol. The Hall–Kier alpha value is -2.86. The van der Waals surface area contributed by atoms with Crippen LogP contribution >= 0.6 is 0 Å². The van der Waals surface area contributed by atoms with Gasteiger partial charge < -0.3 is 9.12 Å². The van der Waals surface area contributed by atoms with Crippen LogP contribution in [0.5, 0.6) is 0 Å². The summed E-state index contributed by atoms with van der Waals surface area (Å²) in [5.74, 6) is -2.84. The van der Waals surface area contributed by atoms with Crippen molar-refractivity contribution in [2.45, 2.75) is 51.2 Å². The van der Waals surface area contributed by atoms with E-state index in [1.807, 2.05) is 0 Å². The molecule has 0 saturated carbocycles. The van der Waals surface area contributed by atoms with Crippen molar-refractivity contribution < 1.29 is 26.5 Å². The molecule has 0 aliphatic heterocycles. The number of aromatic nitrogens is 1. The quantitative estimate of drug-likeness (QED) is 0.294. The molecule has 0 saturated heterocycles. The molecule has 1 N–H and O–H groups in total. The summed E-state index contributed by atoms with van der Waals surface area (Å²) < 4.78 is 70.0. The summed E-state index contributed by atoms with van der Waals surface area (Å²) in [4.78, 5) is 26.2. The Labute approximate surface area is 230 Å². The molecule has 0 radical (unpaired) electrons. The van der Waals surface area contributed by atoms with E-state index in [2.05, 4.69) is 4.72 Å². The second-order valence-electron chi connectivity index (χ2n) is 10.3. The predicted octanol–water partition coefficient (Wildman–Crippen LogP) is 4.61. The number of nitrogens with one attached hydrogen (secondary N) is 1. The Kier molecular flexibility index (Phi) is 9.21. The van der Waals surface area contributed by atoms with Crippen molar-refractivity contribution in [2.24, 2.45) is 7.05 Å². The number of aryl methyl sites for hydroxylation is 1. The summed E-state index contributed by atoms with van der Waals surface area (Å²) in [5.41, 5.74) is 0.418. The lowest BCUT2D eigenvalue weighted by atomic mass is 9.89. The van der Waals surface area contributed by atoms with Gasteiger partial charge in [0.15, 0.2) is 15.6 Å². The maximum Gasteiger partial charge on any atom is 0.250 e. The van der Waals surface area contributed by atoms with Crippen LogP contribution in [0.3, 0.4) is 0 Å². The molecule has 11 heteroatoms. The van der Waals surface area contributed by atoms with Crippen molar-refractivity contribution in [2.75, 3.05) is 5.75 Å². The maximum atomic E-state index is 15.3. The zero-order valence-corrected chi connectivity index (χ0v) is 24.3. The molecule has 2 atom stereocenters. The maximum absolute atomic E-state index is 15.3. The highest BCUT2D eigenvalue weighted by Crippen LogP contribution is 2.34. The molecule has 0 spiro atoms. The summed E-state index contributed by atoms with van der Waals surface area (Å²) in [7, 11) is -2.12. The van der Waals surface area contributed by atoms with Crippen LogP contribution in [0.1, 0.15) is 67.7 Å². The van der Waals surface area contributed by atoms with Crippen molar-refractivity contribution >= 4 is 27.0 Å². The largest absolute Gasteiger partial charge is 0.598 e. The molecule has 39 heavy (non-hydrogen) atoms. The molecule has 3 aromatic rings. The summed E-state index contributed by atoms with van der Waals surface area (Å²) in [6.45, 7) is 8.51. The van der Waals surface area contributed by atoms with E-state index in [0.717, 1.165) is 18.2 Å². The predicted molar refractivity (Wildman–Crippen MR) is 150 cm³/mol. The summed E-state index contributed by atoms with van der Waals surface area (Å²) in [6.07, 6.45) is 1.47. The van der Waals surface area contributed by atoms with Gasteiger partial charge in [-0.15, -0.1) is 4.72 Å². The number of pyridine rings is 1. The molecule has 0 amide bonds. The number of hydrogen-bond acceptors (Lipinski definition) is 6. The number of nitrogens with zero attached hydrogens (tertiary/aromatic N) is 1. The number of benzene rings is 2. The second kappa shape index (κ2) is 11.7. The third-order valence-electron chi connectivity index (χ3n) is 6.21. The Morgan fingerprint density at radius 1 is 1.10 bits per heavy atom. The van der Waals surface area contributed by atoms with Crippen molar-refractivity contribution in [3.05, 3.63) is 92.9 Å². The average Bonchev–Trinajstić information content (AvgIpc) is 2.85. The third-order valence-corrected chi connectivity index (χ3v) is 9.52. The average molecular weight is 579 g/mol. The van der Waals surface area contributed by atoms with E-state index in [1.165, 1.54) is 49.0 Å². The number of sulfone groups is 1.